The van der Waals surface area contributed by atoms with Gasteiger partial charge in [-0.3, -0.25) is 0 Å². The van der Waals surface area contributed by atoms with Gasteiger partial charge in [-0.05, 0) is 24.3 Å². The zero-order valence-electron chi connectivity index (χ0n) is 8.94. The van der Waals surface area contributed by atoms with Crippen molar-refractivity contribution in [1.29, 1.82) is 0 Å². The lowest BCUT2D eigenvalue weighted by molar-refractivity contribution is -0.137. The largest absolute Gasteiger partial charge is 0.419 e. The van der Waals surface area contributed by atoms with E-state index in [9.17, 15) is 13.2 Å². The number of nitrogens with zero attached hydrogens (tertiary/aromatic N) is 2. The standard InChI is InChI=1S/C10H8F3N3O.ClH/c11-10(12,13)7-3-1-6(2-4-7)9-16-15-8(5-14)17-9;/h1-4H,5,14H2;1H. The topological polar surface area (TPSA) is 64.9 Å². The third-order valence-electron chi connectivity index (χ3n) is 2.10. The number of nitrogens with two attached hydrogens (primary N) is 1. The van der Waals surface area contributed by atoms with Crippen LogP contribution < -0.4 is 5.73 Å². The molecular formula is C10H9ClF3N3O. The number of hydrogen-bond acceptors (Lipinski definition) is 4. The lowest BCUT2D eigenvalue weighted by Crippen LogP contribution is -2.03. The minimum atomic E-state index is -4.35. The second-order valence-electron chi connectivity index (χ2n) is 3.28. The van der Waals surface area contributed by atoms with Crippen LogP contribution in [0.25, 0.3) is 11.5 Å². The third kappa shape index (κ3) is 2.99. The van der Waals surface area contributed by atoms with Crippen molar-refractivity contribution >= 4 is 12.4 Å². The summed E-state index contributed by atoms with van der Waals surface area (Å²) < 4.78 is 42.1. The lowest BCUT2D eigenvalue weighted by atomic mass is 10.1. The highest BCUT2D eigenvalue weighted by Gasteiger charge is 2.30. The first-order valence-corrected chi connectivity index (χ1v) is 4.71. The van der Waals surface area contributed by atoms with Crippen molar-refractivity contribution in [3.05, 3.63) is 35.7 Å². The van der Waals surface area contributed by atoms with Gasteiger partial charge in [0.05, 0.1) is 12.1 Å². The Morgan fingerprint density at radius 3 is 2.17 bits per heavy atom. The Morgan fingerprint density at radius 2 is 1.72 bits per heavy atom. The highest BCUT2D eigenvalue weighted by atomic mass is 35.5. The summed E-state index contributed by atoms with van der Waals surface area (Å²) in [7, 11) is 0. The zero-order chi connectivity index (χ0) is 12.5. The number of halogens is 4. The van der Waals surface area contributed by atoms with Gasteiger partial charge in [-0.15, -0.1) is 22.6 Å². The molecule has 2 N–H and O–H groups in total. The minimum absolute atomic E-state index is 0. The molecule has 0 saturated heterocycles. The van der Waals surface area contributed by atoms with E-state index in [2.05, 4.69) is 10.2 Å². The number of hydrogen-bond donors (Lipinski definition) is 1. The van der Waals surface area contributed by atoms with Crippen LogP contribution in [0.2, 0.25) is 0 Å². The van der Waals surface area contributed by atoms with Crippen LogP contribution in [0.5, 0.6) is 0 Å². The second-order valence-corrected chi connectivity index (χ2v) is 3.28. The molecule has 2 rings (SSSR count). The molecule has 1 aromatic heterocycles. The lowest BCUT2D eigenvalue weighted by Gasteiger charge is -2.05. The van der Waals surface area contributed by atoms with E-state index in [-0.39, 0.29) is 30.7 Å². The first-order valence-electron chi connectivity index (χ1n) is 4.71. The predicted molar refractivity (Wildman–Crippen MR) is 59.9 cm³/mol. The second kappa shape index (κ2) is 5.36. The smallest absolute Gasteiger partial charge is 0.416 e. The quantitative estimate of drug-likeness (QED) is 0.918. The van der Waals surface area contributed by atoms with Gasteiger partial charge in [0.1, 0.15) is 0 Å². The summed E-state index contributed by atoms with van der Waals surface area (Å²) >= 11 is 0. The van der Waals surface area contributed by atoms with Gasteiger partial charge in [-0.25, -0.2) is 0 Å². The van der Waals surface area contributed by atoms with Crippen molar-refractivity contribution in [1.82, 2.24) is 10.2 Å². The molecule has 8 heteroatoms. The Kier molecular flexibility index (Phi) is 4.31. The molecule has 0 saturated carbocycles. The van der Waals surface area contributed by atoms with Crippen LogP contribution in [0.15, 0.2) is 28.7 Å². The number of alkyl halides is 3. The maximum Gasteiger partial charge on any atom is 0.416 e. The van der Waals surface area contributed by atoms with Crippen molar-refractivity contribution in [2.75, 3.05) is 0 Å². The molecule has 0 atom stereocenters. The average Bonchev–Trinajstić information content (AvgIpc) is 2.76. The fourth-order valence-corrected chi connectivity index (χ4v) is 1.25. The third-order valence-corrected chi connectivity index (χ3v) is 2.10. The summed E-state index contributed by atoms with van der Waals surface area (Å²) in [5.41, 5.74) is 4.98. The normalized spacial score (nSPS) is 11.1. The van der Waals surface area contributed by atoms with Crippen LogP contribution in [0.3, 0.4) is 0 Å². The molecule has 0 fully saturated rings. The highest BCUT2D eigenvalue weighted by molar-refractivity contribution is 5.85. The molecule has 0 aliphatic heterocycles. The minimum Gasteiger partial charge on any atom is -0.419 e. The Labute approximate surface area is 106 Å². The van der Waals surface area contributed by atoms with Gasteiger partial charge in [0.15, 0.2) is 0 Å². The Balaban J connectivity index is 0.00000162. The first-order chi connectivity index (χ1) is 8.00. The molecule has 1 aromatic carbocycles. The molecular weight excluding hydrogens is 271 g/mol. The van der Waals surface area contributed by atoms with Crippen LogP contribution in [0.1, 0.15) is 11.5 Å². The molecule has 0 aliphatic rings. The van der Waals surface area contributed by atoms with E-state index in [1.165, 1.54) is 12.1 Å². The molecule has 0 bridgehead atoms. The van der Waals surface area contributed by atoms with Crippen molar-refractivity contribution in [2.45, 2.75) is 12.7 Å². The number of rotatable bonds is 2. The maximum absolute atomic E-state index is 12.3. The molecule has 0 spiro atoms. The van der Waals surface area contributed by atoms with Gasteiger partial charge in [0.25, 0.3) is 0 Å². The first kappa shape index (κ1) is 14.5. The van der Waals surface area contributed by atoms with E-state index in [0.29, 0.717) is 5.56 Å². The summed E-state index contributed by atoms with van der Waals surface area (Å²) in [6.45, 7) is 0.0909. The molecule has 1 heterocycles. The molecule has 2 aromatic rings. The zero-order valence-corrected chi connectivity index (χ0v) is 9.76. The molecule has 0 unspecified atom stereocenters. The predicted octanol–water partition coefficient (Wildman–Crippen LogP) is 2.64. The summed E-state index contributed by atoms with van der Waals surface area (Å²) in [6.07, 6.45) is -4.35. The van der Waals surface area contributed by atoms with Gasteiger partial charge >= 0.3 is 6.18 Å². The van der Waals surface area contributed by atoms with Crippen LogP contribution in [-0.4, -0.2) is 10.2 Å². The van der Waals surface area contributed by atoms with E-state index in [4.69, 9.17) is 10.2 Å². The van der Waals surface area contributed by atoms with E-state index in [1.807, 2.05) is 0 Å². The summed E-state index contributed by atoms with van der Waals surface area (Å²) in [4.78, 5) is 0. The van der Waals surface area contributed by atoms with E-state index < -0.39 is 11.7 Å². The molecule has 4 nitrogen and oxygen atoms in total. The highest BCUT2D eigenvalue weighted by Crippen LogP contribution is 2.30. The van der Waals surface area contributed by atoms with Crippen LogP contribution in [0.4, 0.5) is 13.2 Å². The molecule has 0 amide bonds. The Morgan fingerprint density at radius 1 is 1.11 bits per heavy atom. The molecule has 0 radical (unpaired) electrons. The fraction of sp³-hybridized carbons (Fsp3) is 0.200. The average molecular weight is 280 g/mol. The Hall–Kier alpha value is -1.60. The molecule has 18 heavy (non-hydrogen) atoms. The fourth-order valence-electron chi connectivity index (χ4n) is 1.25. The van der Waals surface area contributed by atoms with Crippen LogP contribution in [0, 0.1) is 0 Å². The number of aromatic nitrogens is 2. The maximum atomic E-state index is 12.3. The summed E-state index contributed by atoms with van der Waals surface area (Å²) in [6, 6.07) is 4.47. The van der Waals surface area contributed by atoms with Crippen molar-refractivity contribution in [2.24, 2.45) is 5.73 Å². The van der Waals surface area contributed by atoms with Gasteiger partial charge in [-0.1, -0.05) is 0 Å². The van der Waals surface area contributed by atoms with Gasteiger partial charge in [-0.2, -0.15) is 13.2 Å². The summed E-state index contributed by atoms with van der Waals surface area (Å²) in [5, 5.41) is 7.29. The van der Waals surface area contributed by atoms with E-state index in [1.54, 1.807) is 0 Å². The van der Waals surface area contributed by atoms with Gasteiger partial charge in [0.2, 0.25) is 11.8 Å². The Bertz CT molecular complexity index is 510. The summed E-state index contributed by atoms with van der Waals surface area (Å²) in [5.74, 6) is 0.388. The SMILES string of the molecule is Cl.NCc1nnc(-c2ccc(C(F)(F)F)cc2)o1. The van der Waals surface area contributed by atoms with Gasteiger partial charge < -0.3 is 10.2 Å². The molecule has 98 valence electrons. The van der Waals surface area contributed by atoms with Crippen LogP contribution in [-0.2, 0) is 12.7 Å². The van der Waals surface area contributed by atoms with Crippen molar-refractivity contribution in [3.63, 3.8) is 0 Å². The molecule has 0 aliphatic carbocycles. The number of benzene rings is 1. The monoisotopic (exact) mass is 279 g/mol. The van der Waals surface area contributed by atoms with E-state index >= 15 is 0 Å². The van der Waals surface area contributed by atoms with Crippen molar-refractivity contribution < 1.29 is 17.6 Å². The van der Waals surface area contributed by atoms with E-state index in [0.717, 1.165) is 12.1 Å². The van der Waals surface area contributed by atoms with Crippen molar-refractivity contribution in [3.8, 4) is 11.5 Å². The van der Waals surface area contributed by atoms with Gasteiger partial charge in [0, 0.05) is 5.56 Å². The van der Waals surface area contributed by atoms with Crippen LogP contribution >= 0.6 is 12.4 Å².